The summed E-state index contributed by atoms with van der Waals surface area (Å²) in [7, 11) is 3.46. The lowest BCUT2D eigenvalue weighted by Crippen LogP contribution is -2.48. The number of rotatable bonds is 8. The van der Waals surface area contributed by atoms with Crippen LogP contribution in [0.1, 0.15) is 34.5 Å². The van der Waals surface area contributed by atoms with Gasteiger partial charge in [-0.25, -0.2) is 4.39 Å². The van der Waals surface area contributed by atoms with Crippen LogP contribution < -0.4 is 4.74 Å². The van der Waals surface area contributed by atoms with Crippen LogP contribution >= 0.6 is 0 Å². The Kier molecular flexibility index (Phi) is 8.21. The molecule has 1 fully saturated rings. The number of halogens is 1. The smallest absolute Gasteiger partial charge is 0.289 e. The molecule has 1 unspecified atom stereocenters. The number of carbonyl (C=O) groups is 2. The molecule has 1 aliphatic rings. The number of methoxy groups -OCH3 is 1. The highest BCUT2D eigenvalue weighted by Gasteiger charge is 2.33. The second-order valence-corrected chi connectivity index (χ2v) is 9.06. The third-order valence-electron chi connectivity index (χ3n) is 6.81. The number of likely N-dealkylation sites (N-methyl/N-ethyl adjacent to an activating group) is 1. The van der Waals surface area contributed by atoms with Crippen LogP contribution in [0.25, 0.3) is 6.08 Å². The van der Waals surface area contributed by atoms with Crippen LogP contribution in [0.5, 0.6) is 5.75 Å². The van der Waals surface area contributed by atoms with Gasteiger partial charge in [-0.05, 0) is 78.8 Å². The van der Waals surface area contributed by atoms with Gasteiger partial charge in [0, 0.05) is 32.3 Å². The monoisotopic (exact) mass is 490 g/mol. The molecule has 2 amide bonds. The molecular formula is C29H31FN2O4. The largest absolute Gasteiger partial charge is 0.497 e. The highest BCUT2D eigenvalue weighted by atomic mass is 19.1. The summed E-state index contributed by atoms with van der Waals surface area (Å²) in [6.45, 7) is 1.21. The van der Waals surface area contributed by atoms with Crippen LogP contribution in [0.3, 0.4) is 0 Å². The van der Waals surface area contributed by atoms with Crippen LogP contribution in [-0.2, 0) is 11.2 Å². The van der Waals surface area contributed by atoms with Gasteiger partial charge in [0.1, 0.15) is 11.6 Å². The second-order valence-electron chi connectivity index (χ2n) is 9.06. The van der Waals surface area contributed by atoms with Gasteiger partial charge in [0.2, 0.25) is 5.91 Å². The van der Waals surface area contributed by atoms with Crippen molar-refractivity contribution in [3.8, 4) is 5.75 Å². The molecule has 1 saturated heterocycles. The zero-order chi connectivity index (χ0) is 25.5. The molecule has 0 aliphatic carbocycles. The zero-order valence-corrected chi connectivity index (χ0v) is 20.6. The molecule has 1 aromatic heterocycles. The highest BCUT2D eigenvalue weighted by molar-refractivity contribution is 5.92. The summed E-state index contributed by atoms with van der Waals surface area (Å²) >= 11 is 0. The Bertz CT molecular complexity index is 1180. The maximum atomic E-state index is 13.1. The quantitative estimate of drug-likeness (QED) is 0.414. The van der Waals surface area contributed by atoms with Crippen LogP contribution in [0.4, 0.5) is 4.39 Å². The lowest BCUT2D eigenvalue weighted by molar-refractivity contribution is -0.127. The fraction of sp³-hybridized carbons (Fsp3) is 0.310. The summed E-state index contributed by atoms with van der Waals surface area (Å²) in [6.07, 6.45) is 6.97. The van der Waals surface area contributed by atoms with E-state index in [1.54, 1.807) is 42.4 Å². The van der Waals surface area contributed by atoms with E-state index in [1.807, 2.05) is 36.2 Å². The molecule has 188 valence electrons. The maximum Gasteiger partial charge on any atom is 0.289 e. The van der Waals surface area contributed by atoms with Crippen molar-refractivity contribution < 1.29 is 23.1 Å². The average molecular weight is 491 g/mol. The summed E-state index contributed by atoms with van der Waals surface area (Å²) < 4.78 is 23.9. The maximum absolute atomic E-state index is 13.1. The van der Waals surface area contributed by atoms with E-state index in [9.17, 15) is 14.0 Å². The van der Waals surface area contributed by atoms with E-state index in [4.69, 9.17) is 9.15 Å². The number of likely N-dealkylation sites (tertiary alicyclic amines) is 1. The summed E-state index contributed by atoms with van der Waals surface area (Å²) in [6, 6.07) is 17.2. The Morgan fingerprint density at radius 3 is 2.56 bits per heavy atom. The van der Waals surface area contributed by atoms with Gasteiger partial charge < -0.3 is 19.0 Å². The molecular weight excluding hydrogens is 459 g/mol. The van der Waals surface area contributed by atoms with E-state index >= 15 is 0 Å². The molecule has 4 rings (SSSR count). The molecule has 3 aromatic rings. The third-order valence-corrected chi connectivity index (χ3v) is 6.81. The van der Waals surface area contributed by atoms with E-state index in [0.717, 1.165) is 29.7 Å². The standard InChI is InChI=1S/C29H31FN2O4/c1-31(29(34)27-7-4-18-36-27)26(20-22-5-3-6-25(19-22)35-2)23-14-16-32(17-15-23)28(33)13-10-21-8-11-24(30)12-9-21/h3-13,18-19,23,26H,14-17,20H2,1-2H3. The highest BCUT2D eigenvalue weighted by Crippen LogP contribution is 2.28. The molecule has 6 nitrogen and oxygen atoms in total. The van der Waals surface area contributed by atoms with Crippen molar-refractivity contribution >= 4 is 17.9 Å². The Balaban J connectivity index is 1.44. The second kappa shape index (κ2) is 11.7. The minimum absolute atomic E-state index is 0.0675. The van der Waals surface area contributed by atoms with Gasteiger partial charge in [-0.3, -0.25) is 9.59 Å². The first-order valence-corrected chi connectivity index (χ1v) is 12.1. The van der Waals surface area contributed by atoms with Crippen LogP contribution in [0.2, 0.25) is 0 Å². The van der Waals surface area contributed by atoms with Gasteiger partial charge in [0.25, 0.3) is 5.91 Å². The van der Waals surface area contributed by atoms with Crippen molar-refractivity contribution in [3.63, 3.8) is 0 Å². The molecule has 2 aromatic carbocycles. The summed E-state index contributed by atoms with van der Waals surface area (Å²) in [5.74, 6) is 0.770. The van der Waals surface area contributed by atoms with Crippen molar-refractivity contribution in [1.29, 1.82) is 0 Å². The normalized spacial score (nSPS) is 15.1. The number of ether oxygens (including phenoxy) is 1. The molecule has 1 atom stereocenters. The van der Waals surface area contributed by atoms with Gasteiger partial charge in [-0.1, -0.05) is 24.3 Å². The Labute approximate surface area is 211 Å². The van der Waals surface area contributed by atoms with Gasteiger partial charge in [0.15, 0.2) is 5.76 Å². The average Bonchev–Trinajstić information content (AvgIpc) is 3.46. The number of hydrogen-bond acceptors (Lipinski definition) is 4. The lowest BCUT2D eigenvalue weighted by Gasteiger charge is -2.39. The topological polar surface area (TPSA) is 63.0 Å². The van der Waals surface area contributed by atoms with E-state index in [-0.39, 0.29) is 29.6 Å². The minimum atomic E-state index is -0.306. The minimum Gasteiger partial charge on any atom is -0.497 e. The zero-order valence-electron chi connectivity index (χ0n) is 20.6. The van der Waals surface area contributed by atoms with Crippen molar-refractivity contribution in [2.45, 2.75) is 25.3 Å². The first-order chi connectivity index (χ1) is 17.4. The van der Waals surface area contributed by atoms with Crippen LogP contribution in [0.15, 0.2) is 77.4 Å². The number of piperidine rings is 1. The first kappa shape index (κ1) is 25.2. The first-order valence-electron chi connectivity index (χ1n) is 12.1. The summed E-state index contributed by atoms with van der Waals surface area (Å²) in [5, 5.41) is 0. The predicted molar refractivity (Wildman–Crippen MR) is 136 cm³/mol. The van der Waals surface area contributed by atoms with Crippen LogP contribution in [0, 0.1) is 11.7 Å². The molecule has 0 bridgehead atoms. The van der Waals surface area contributed by atoms with Gasteiger partial charge in [0.05, 0.1) is 13.4 Å². The molecule has 1 aliphatic heterocycles. The fourth-order valence-electron chi connectivity index (χ4n) is 4.74. The van der Waals surface area contributed by atoms with Gasteiger partial charge >= 0.3 is 0 Å². The molecule has 7 heteroatoms. The number of hydrogen-bond donors (Lipinski definition) is 0. The summed E-state index contributed by atoms with van der Waals surface area (Å²) in [5.41, 5.74) is 1.86. The predicted octanol–water partition coefficient (Wildman–Crippen LogP) is 5.06. The molecule has 0 N–H and O–H groups in total. The van der Waals surface area contributed by atoms with E-state index < -0.39 is 0 Å². The van der Waals surface area contributed by atoms with Crippen molar-refractivity contribution in [2.75, 3.05) is 27.2 Å². The Morgan fingerprint density at radius 2 is 1.89 bits per heavy atom. The number of carbonyl (C=O) groups excluding carboxylic acids is 2. The number of nitrogens with zero attached hydrogens (tertiary/aromatic N) is 2. The van der Waals surface area contributed by atoms with Crippen molar-refractivity contribution in [2.24, 2.45) is 5.92 Å². The molecule has 0 radical (unpaired) electrons. The third kappa shape index (κ3) is 6.22. The van der Waals surface area contributed by atoms with Gasteiger partial charge in [-0.2, -0.15) is 0 Å². The van der Waals surface area contributed by atoms with E-state index in [0.29, 0.717) is 25.3 Å². The van der Waals surface area contributed by atoms with Crippen molar-refractivity contribution in [3.05, 3.63) is 95.7 Å². The Morgan fingerprint density at radius 1 is 1.14 bits per heavy atom. The fourth-order valence-corrected chi connectivity index (χ4v) is 4.74. The van der Waals surface area contributed by atoms with Gasteiger partial charge in [-0.15, -0.1) is 0 Å². The number of furan rings is 1. The molecule has 2 heterocycles. The molecule has 0 saturated carbocycles. The molecule has 0 spiro atoms. The van der Waals surface area contributed by atoms with E-state index in [2.05, 4.69) is 0 Å². The van der Waals surface area contributed by atoms with E-state index in [1.165, 1.54) is 24.5 Å². The SMILES string of the molecule is COc1cccc(CC(C2CCN(C(=O)C=Cc3ccc(F)cc3)CC2)N(C)C(=O)c2ccco2)c1. The molecule has 36 heavy (non-hydrogen) atoms. The number of amides is 2. The summed E-state index contributed by atoms with van der Waals surface area (Å²) in [4.78, 5) is 29.5. The van der Waals surface area contributed by atoms with Crippen molar-refractivity contribution in [1.82, 2.24) is 9.80 Å². The van der Waals surface area contributed by atoms with Crippen LogP contribution in [-0.4, -0.2) is 54.9 Å². The number of benzene rings is 2. The Hall–Kier alpha value is -3.87. The lowest BCUT2D eigenvalue weighted by atomic mass is 9.84.